The van der Waals surface area contributed by atoms with Crippen molar-refractivity contribution in [2.24, 2.45) is 21.3 Å². The molecule has 3 saturated heterocycles. The lowest BCUT2D eigenvalue weighted by Crippen LogP contribution is -2.70. The Balaban J connectivity index is 0.738. The van der Waals surface area contributed by atoms with E-state index in [1.165, 1.54) is 33.1 Å². The van der Waals surface area contributed by atoms with Crippen LogP contribution in [0.1, 0.15) is 91.3 Å². The van der Waals surface area contributed by atoms with Gasteiger partial charge in [-0.3, -0.25) is 45.0 Å². The predicted molar refractivity (Wildman–Crippen MR) is 247 cm³/mol. The minimum Gasteiger partial charge on any atom is -0.379 e. The Morgan fingerprint density at radius 3 is 2.47 bits per heavy atom. The second-order valence-electron chi connectivity index (χ2n) is 19.9. The lowest BCUT2D eigenvalue weighted by molar-refractivity contribution is -0.220. The highest BCUT2D eigenvalue weighted by Crippen LogP contribution is 2.51. The molecule has 0 radical (unpaired) electrons. The number of amides is 5. The maximum Gasteiger partial charge on any atom is 0.328 e. The van der Waals surface area contributed by atoms with Gasteiger partial charge >= 0.3 is 6.03 Å². The number of aliphatic imine (C=N–C) groups is 2. The van der Waals surface area contributed by atoms with Crippen LogP contribution in [0, 0.1) is 18.3 Å². The number of piperidine rings is 1. The van der Waals surface area contributed by atoms with Gasteiger partial charge in [-0.15, -0.1) is 0 Å². The summed E-state index contributed by atoms with van der Waals surface area (Å²) >= 11 is 6.50. The van der Waals surface area contributed by atoms with Crippen molar-refractivity contribution in [2.75, 3.05) is 76.3 Å². The summed E-state index contributed by atoms with van der Waals surface area (Å²) in [6.07, 6.45) is 9.22. The molecule has 8 aliphatic rings. The zero-order valence-electron chi connectivity index (χ0n) is 38.1. The Labute approximate surface area is 388 Å². The number of likely N-dealkylation sites (tertiary alicyclic amines) is 2. The highest BCUT2D eigenvalue weighted by atomic mass is 35.5. The fraction of sp³-hybridized carbons (Fsp3) is 0.583. The Kier molecular flexibility index (Phi) is 11.4. The minimum atomic E-state index is -3.07. The van der Waals surface area contributed by atoms with Gasteiger partial charge in [0.15, 0.2) is 11.4 Å². The largest absolute Gasteiger partial charge is 0.379 e. The highest BCUT2D eigenvalue weighted by molar-refractivity contribution is 6.47. The number of amidine groups is 1. The van der Waals surface area contributed by atoms with E-state index in [4.69, 9.17) is 21.3 Å². The molecule has 6 aliphatic heterocycles. The van der Waals surface area contributed by atoms with Crippen LogP contribution in [0.25, 0.3) is 0 Å². The fourth-order valence-electron chi connectivity index (χ4n) is 11.7. The van der Waals surface area contributed by atoms with E-state index in [1.54, 1.807) is 21.1 Å². The molecule has 0 aromatic heterocycles. The Hall–Kier alpha value is -5.13. The maximum absolute atomic E-state index is 16.1. The molecule has 2 aromatic carbocycles. The Morgan fingerprint density at radius 1 is 1.00 bits per heavy atom. The standard InChI is InChI=1S/C48H59ClF2N10O5/c1-28-34(49)20-31(21-38(28)60-18-15-41(62)55-45(60)65)43(63)58-19-16-47(48(50,51)27-58)25-57(26-47)23-29-8-10-30(11-9-29)32-6-5-7-37-33(32)14-17-59(37)40-22-36(52-3)42-53-24-46(2,61(42)56-40)44(64)54-35-12-13-39(35)66-4/h5-7,20-22,29-30,35,39,56H,8-19,23-27H2,1-4H3,(H,54,64)(H,55,62,65)/t29?,30?,35-,39-,46?/m1/s1. The van der Waals surface area contributed by atoms with Crippen molar-refractivity contribution in [1.29, 1.82) is 0 Å². The summed E-state index contributed by atoms with van der Waals surface area (Å²) in [6.45, 7) is 5.80. The number of nitrogens with one attached hydrogen (secondary N) is 3. The first kappa shape index (κ1) is 44.7. The van der Waals surface area contributed by atoms with E-state index in [-0.39, 0.29) is 60.5 Å². The van der Waals surface area contributed by atoms with Crippen LogP contribution < -0.4 is 25.9 Å². The smallest absolute Gasteiger partial charge is 0.328 e. The summed E-state index contributed by atoms with van der Waals surface area (Å²) in [6, 6.07) is 8.95. The summed E-state index contributed by atoms with van der Waals surface area (Å²) in [5, 5.41) is 7.62. The van der Waals surface area contributed by atoms with E-state index in [0.717, 1.165) is 75.3 Å². The number of halogens is 3. The number of rotatable bonds is 9. The van der Waals surface area contributed by atoms with Crippen molar-refractivity contribution in [1.82, 2.24) is 30.9 Å². The van der Waals surface area contributed by atoms with Gasteiger partial charge in [-0.2, -0.15) is 0 Å². The van der Waals surface area contributed by atoms with Crippen LogP contribution in [0.5, 0.6) is 0 Å². The summed E-state index contributed by atoms with van der Waals surface area (Å²) in [7, 11) is 3.44. The zero-order chi connectivity index (χ0) is 46.3. The number of hydrogen-bond donors (Lipinski definition) is 3. The first-order valence-electron chi connectivity index (χ1n) is 23.5. The van der Waals surface area contributed by atoms with E-state index >= 15 is 8.78 Å². The molecule has 1 unspecified atom stereocenters. The van der Waals surface area contributed by atoms with Crippen molar-refractivity contribution in [3.8, 4) is 0 Å². The van der Waals surface area contributed by atoms with Gasteiger partial charge in [0.1, 0.15) is 11.5 Å². The molecule has 66 heavy (non-hydrogen) atoms. The quantitative estimate of drug-likeness (QED) is 0.300. The Bertz CT molecular complexity index is 2450. The molecule has 0 bridgehead atoms. The SMILES string of the molecule is CN=C1C=C(N2CCc3c(C4CCC(CN5CC6(CCN(C(=O)c7cc(Cl)c(C)c(N8CCC(=O)NC8=O)c7)CC6(F)F)C5)CC4)cccc32)NN2C1=NCC2(C)C(=O)N[C@@H]1CC[C@H]1OC. The van der Waals surface area contributed by atoms with Crippen LogP contribution in [-0.2, 0) is 20.7 Å². The maximum atomic E-state index is 16.1. The van der Waals surface area contributed by atoms with Crippen LogP contribution in [0.2, 0.25) is 5.02 Å². The first-order valence-corrected chi connectivity index (χ1v) is 23.8. The van der Waals surface area contributed by atoms with Gasteiger partial charge in [-0.1, -0.05) is 23.7 Å². The molecule has 2 aliphatic carbocycles. The van der Waals surface area contributed by atoms with Crippen LogP contribution in [0.3, 0.4) is 0 Å². The van der Waals surface area contributed by atoms with Gasteiger partial charge < -0.3 is 24.8 Å². The molecule has 2 aromatic rings. The number of alkyl halides is 2. The number of benzene rings is 2. The van der Waals surface area contributed by atoms with Crippen molar-refractivity contribution in [3.63, 3.8) is 0 Å². The number of nitrogens with zero attached hydrogens (tertiary/aromatic N) is 7. The second-order valence-corrected chi connectivity index (χ2v) is 20.3. The van der Waals surface area contributed by atoms with Crippen LogP contribution in [0.15, 0.2) is 52.2 Å². The first-order chi connectivity index (χ1) is 31.6. The topological polar surface area (TPSA) is 155 Å². The molecule has 5 fully saturated rings. The monoisotopic (exact) mass is 928 g/mol. The van der Waals surface area contributed by atoms with Crippen molar-refractivity contribution < 1.29 is 32.7 Å². The molecule has 1 spiro atoms. The molecule has 15 nitrogen and oxygen atoms in total. The molecule has 3 atom stereocenters. The van der Waals surface area contributed by atoms with Crippen molar-refractivity contribution in [2.45, 2.75) is 101 Å². The number of hydrazine groups is 1. The molecule has 352 valence electrons. The molecular formula is C48H59ClF2N10O5. The number of carbonyl (C=O) groups is 4. The van der Waals surface area contributed by atoms with E-state index in [9.17, 15) is 19.2 Å². The number of ether oxygens (including phenoxy) is 1. The van der Waals surface area contributed by atoms with Crippen LogP contribution >= 0.6 is 11.6 Å². The van der Waals surface area contributed by atoms with E-state index in [2.05, 4.69) is 49.1 Å². The summed E-state index contributed by atoms with van der Waals surface area (Å²) < 4.78 is 37.8. The third-order valence-corrected chi connectivity index (χ3v) is 16.4. The molecule has 10 rings (SSSR count). The molecular weight excluding hydrogens is 870 g/mol. The van der Waals surface area contributed by atoms with E-state index < -0.39 is 35.4 Å². The number of urea groups is 1. The normalized spacial score (nSPS) is 29.7. The number of anilines is 2. The highest BCUT2D eigenvalue weighted by Gasteiger charge is 2.63. The second kappa shape index (κ2) is 16.9. The third kappa shape index (κ3) is 7.52. The zero-order valence-corrected chi connectivity index (χ0v) is 38.9. The predicted octanol–water partition coefficient (Wildman–Crippen LogP) is 5.41. The van der Waals surface area contributed by atoms with Crippen molar-refractivity contribution >= 4 is 58.3 Å². The molecule has 6 heterocycles. The average molecular weight is 930 g/mol. The van der Waals surface area contributed by atoms with Crippen molar-refractivity contribution in [3.05, 3.63) is 69.5 Å². The number of imide groups is 1. The van der Waals surface area contributed by atoms with Gasteiger partial charge in [0.05, 0.1) is 36.3 Å². The summed E-state index contributed by atoms with van der Waals surface area (Å²) in [5.41, 5.74) is 7.16. The lowest BCUT2D eigenvalue weighted by atomic mass is 9.68. The summed E-state index contributed by atoms with van der Waals surface area (Å²) in [4.78, 5) is 68.3. The average Bonchev–Trinajstić information content (AvgIpc) is 3.88. The third-order valence-electron chi connectivity index (χ3n) is 16.0. The number of carbonyl (C=O) groups excluding carboxylic acids is 4. The Morgan fingerprint density at radius 2 is 1.77 bits per heavy atom. The van der Waals surface area contributed by atoms with E-state index in [0.29, 0.717) is 48.6 Å². The number of hydrogen-bond acceptors (Lipinski definition) is 11. The fourth-order valence-corrected chi connectivity index (χ4v) is 11.9. The number of fused-ring (bicyclic) bond motifs is 2. The molecule has 18 heteroatoms. The molecule has 3 N–H and O–H groups in total. The van der Waals surface area contributed by atoms with Gasteiger partial charge in [-0.05, 0) is 112 Å². The number of methoxy groups -OCH3 is 1. The van der Waals surface area contributed by atoms with Crippen LogP contribution in [-0.4, -0.2) is 140 Å². The van der Waals surface area contributed by atoms with Gasteiger partial charge in [0, 0.05) is 82.2 Å². The minimum absolute atomic E-state index is 0.00976. The van der Waals surface area contributed by atoms with Gasteiger partial charge in [0.2, 0.25) is 11.8 Å². The summed E-state index contributed by atoms with van der Waals surface area (Å²) in [5.74, 6) is -1.74. The van der Waals surface area contributed by atoms with Gasteiger partial charge in [-0.25, -0.2) is 13.6 Å². The molecule has 2 saturated carbocycles. The van der Waals surface area contributed by atoms with Crippen LogP contribution in [0.4, 0.5) is 25.0 Å². The van der Waals surface area contributed by atoms with E-state index in [1.807, 2.05) is 18.0 Å². The van der Waals surface area contributed by atoms with Gasteiger partial charge in [0.25, 0.3) is 11.8 Å². The lowest BCUT2D eigenvalue weighted by Gasteiger charge is -2.58. The molecule has 5 amide bonds.